The van der Waals surface area contributed by atoms with Crippen molar-refractivity contribution in [2.24, 2.45) is 0 Å². The van der Waals surface area contributed by atoms with Crippen LogP contribution in [-0.2, 0) is 6.42 Å². The molecular formula is C9H11S. The maximum absolute atomic E-state index is 4.23. The SMILES string of the molecule is C[C](S)Cc1ccccc1. The minimum Gasteiger partial charge on any atom is -0.171 e. The van der Waals surface area contributed by atoms with E-state index in [0.717, 1.165) is 11.7 Å². The Morgan fingerprint density at radius 2 is 1.90 bits per heavy atom. The highest BCUT2D eigenvalue weighted by molar-refractivity contribution is 7.83. The van der Waals surface area contributed by atoms with Crippen LogP contribution in [0, 0.1) is 5.25 Å². The molecule has 0 saturated heterocycles. The van der Waals surface area contributed by atoms with Crippen LogP contribution < -0.4 is 0 Å². The smallest absolute Gasteiger partial charge is 0.0286 e. The maximum atomic E-state index is 4.23. The van der Waals surface area contributed by atoms with Gasteiger partial charge in [-0.3, -0.25) is 0 Å². The standard InChI is InChI=1S/C9H11S/c1-8(10)7-9-5-3-2-4-6-9/h2-6,10H,7H2,1H3. The van der Waals surface area contributed by atoms with Gasteiger partial charge in [0.1, 0.15) is 0 Å². The molecule has 0 N–H and O–H groups in total. The Kier molecular flexibility index (Phi) is 2.82. The summed E-state index contributed by atoms with van der Waals surface area (Å²) >= 11 is 4.23. The van der Waals surface area contributed by atoms with Crippen molar-refractivity contribution in [1.82, 2.24) is 0 Å². The Balaban J connectivity index is 2.59. The lowest BCUT2D eigenvalue weighted by Gasteiger charge is -2.01. The number of rotatable bonds is 2. The van der Waals surface area contributed by atoms with Crippen LogP contribution in [0.3, 0.4) is 0 Å². The number of thiol groups is 1. The minimum absolute atomic E-state index is 0.976. The fourth-order valence-electron chi connectivity index (χ4n) is 0.891. The first-order valence-corrected chi connectivity index (χ1v) is 3.79. The summed E-state index contributed by atoms with van der Waals surface area (Å²) in [6.45, 7) is 2.02. The predicted octanol–water partition coefficient (Wildman–Crippen LogP) is 2.71. The number of hydrogen-bond donors (Lipinski definition) is 1. The van der Waals surface area contributed by atoms with Crippen LogP contribution in [0.25, 0.3) is 0 Å². The fraction of sp³-hybridized carbons (Fsp3) is 0.222. The zero-order chi connectivity index (χ0) is 7.40. The first kappa shape index (κ1) is 7.67. The van der Waals surface area contributed by atoms with Crippen LogP contribution in [0.5, 0.6) is 0 Å². The second-order valence-corrected chi connectivity index (χ2v) is 3.16. The van der Waals surface area contributed by atoms with E-state index in [1.54, 1.807) is 0 Å². The van der Waals surface area contributed by atoms with Gasteiger partial charge in [-0.15, -0.1) is 0 Å². The highest BCUT2D eigenvalue weighted by atomic mass is 32.1. The third-order valence-corrected chi connectivity index (χ3v) is 1.46. The monoisotopic (exact) mass is 151 g/mol. The van der Waals surface area contributed by atoms with Crippen molar-refractivity contribution < 1.29 is 0 Å². The predicted molar refractivity (Wildman–Crippen MR) is 48.0 cm³/mol. The largest absolute Gasteiger partial charge is 0.171 e. The molecule has 0 aliphatic rings. The highest BCUT2D eigenvalue weighted by Crippen LogP contribution is 2.11. The molecule has 0 nitrogen and oxygen atoms in total. The van der Waals surface area contributed by atoms with Crippen LogP contribution in [0.15, 0.2) is 30.3 Å². The van der Waals surface area contributed by atoms with Crippen molar-refractivity contribution in [3.8, 4) is 0 Å². The van der Waals surface area contributed by atoms with E-state index in [0.29, 0.717) is 0 Å². The summed E-state index contributed by atoms with van der Waals surface area (Å²) in [6, 6.07) is 10.3. The molecule has 0 atom stereocenters. The van der Waals surface area contributed by atoms with Gasteiger partial charge < -0.3 is 0 Å². The van der Waals surface area contributed by atoms with Crippen LogP contribution in [0.4, 0.5) is 0 Å². The Bertz CT molecular complexity index is 179. The molecule has 0 heterocycles. The summed E-state index contributed by atoms with van der Waals surface area (Å²) in [6.07, 6.45) is 0.976. The van der Waals surface area contributed by atoms with Gasteiger partial charge in [0.2, 0.25) is 0 Å². The minimum atomic E-state index is 0.976. The van der Waals surface area contributed by atoms with E-state index in [-0.39, 0.29) is 0 Å². The van der Waals surface area contributed by atoms with E-state index in [4.69, 9.17) is 0 Å². The van der Waals surface area contributed by atoms with Crippen molar-refractivity contribution in [3.63, 3.8) is 0 Å². The average molecular weight is 151 g/mol. The van der Waals surface area contributed by atoms with Gasteiger partial charge in [0.25, 0.3) is 0 Å². The molecule has 1 aromatic rings. The molecule has 0 saturated carbocycles. The molecule has 1 aromatic carbocycles. The molecule has 0 unspecified atom stereocenters. The van der Waals surface area contributed by atoms with E-state index in [1.165, 1.54) is 5.56 Å². The molecular weight excluding hydrogens is 140 g/mol. The van der Waals surface area contributed by atoms with Crippen molar-refractivity contribution >= 4 is 12.6 Å². The van der Waals surface area contributed by atoms with Crippen molar-refractivity contribution in [2.45, 2.75) is 13.3 Å². The Morgan fingerprint density at radius 3 is 2.40 bits per heavy atom. The summed E-state index contributed by atoms with van der Waals surface area (Å²) in [5.74, 6) is 0. The Labute approximate surface area is 67.7 Å². The summed E-state index contributed by atoms with van der Waals surface area (Å²) < 4.78 is 0. The second-order valence-electron chi connectivity index (χ2n) is 2.40. The molecule has 1 rings (SSSR count). The first-order valence-electron chi connectivity index (χ1n) is 3.34. The lowest BCUT2D eigenvalue weighted by atomic mass is 10.1. The molecule has 0 fully saturated rings. The van der Waals surface area contributed by atoms with Gasteiger partial charge in [-0.25, -0.2) is 0 Å². The van der Waals surface area contributed by atoms with E-state index in [9.17, 15) is 0 Å². The molecule has 1 heteroatoms. The maximum Gasteiger partial charge on any atom is 0.0286 e. The van der Waals surface area contributed by atoms with Gasteiger partial charge in [0.05, 0.1) is 0 Å². The van der Waals surface area contributed by atoms with Crippen molar-refractivity contribution in [3.05, 3.63) is 41.1 Å². The molecule has 0 spiro atoms. The third-order valence-electron chi connectivity index (χ3n) is 1.30. The summed E-state index contributed by atoms with van der Waals surface area (Å²) in [4.78, 5) is 0. The van der Waals surface area contributed by atoms with Gasteiger partial charge in [-0.2, -0.15) is 12.6 Å². The Morgan fingerprint density at radius 1 is 1.30 bits per heavy atom. The van der Waals surface area contributed by atoms with Gasteiger partial charge in [0.15, 0.2) is 0 Å². The zero-order valence-electron chi connectivity index (χ0n) is 6.04. The third kappa shape index (κ3) is 2.44. The van der Waals surface area contributed by atoms with Gasteiger partial charge in [-0.1, -0.05) is 30.3 Å². The Hall–Kier alpha value is -0.430. The van der Waals surface area contributed by atoms with E-state index in [2.05, 4.69) is 24.8 Å². The van der Waals surface area contributed by atoms with Gasteiger partial charge in [0, 0.05) is 5.25 Å². The first-order chi connectivity index (χ1) is 4.79. The fourth-order valence-corrected chi connectivity index (χ4v) is 1.07. The summed E-state index contributed by atoms with van der Waals surface area (Å²) in [5, 5.41) is 1.16. The van der Waals surface area contributed by atoms with Crippen LogP contribution >= 0.6 is 12.6 Å². The molecule has 0 bridgehead atoms. The molecule has 0 aliphatic carbocycles. The van der Waals surface area contributed by atoms with Gasteiger partial charge >= 0.3 is 0 Å². The topological polar surface area (TPSA) is 0 Å². The number of benzene rings is 1. The lowest BCUT2D eigenvalue weighted by molar-refractivity contribution is 1.11. The highest BCUT2D eigenvalue weighted by Gasteiger charge is 1.95. The molecule has 0 aliphatic heterocycles. The van der Waals surface area contributed by atoms with Crippen molar-refractivity contribution in [1.29, 1.82) is 0 Å². The molecule has 10 heavy (non-hydrogen) atoms. The second kappa shape index (κ2) is 3.67. The molecule has 0 amide bonds. The summed E-state index contributed by atoms with van der Waals surface area (Å²) in [7, 11) is 0. The van der Waals surface area contributed by atoms with Crippen LogP contribution in [-0.4, -0.2) is 0 Å². The normalized spacial score (nSPS) is 10.3. The molecule has 53 valence electrons. The van der Waals surface area contributed by atoms with E-state index in [1.807, 2.05) is 25.1 Å². The summed E-state index contributed by atoms with van der Waals surface area (Å²) in [5.41, 5.74) is 1.33. The van der Waals surface area contributed by atoms with Crippen LogP contribution in [0.1, 0.15) is 12.5 Å². The molecule has 0 aromatic heterocycles. The van der Waals surface area contributed by atoms with Crippen LogP contribution in [0.2, 0.25) is 0 Å². The quantitative estimate of drug-likeness (QED) is 0.617. The van der Waals surface area contributed by atoms with E-state index < -0.39 is 0 Å². The molecule has 1 radical (unpaired) electrons. The van der Waals surface area contributed by atoms with Crippen molar-refractivity contribution in [2.75, 3.05) is 0 Å². The number of hydrogen-bond acceptors (Lipinski definition) is 1. The average Bonchev–Trinajstić information content (AvgIpc) is 1.88. The van der Waals surface area contributed by atoms with E-state index >= 15 is 0 Å². The van der Waals surface area contributed by atoms with Gasteiger partial charge in [-0.05, 0) is 18.9 Å². The zero-order valence-corrected chi connectivity index (χ0v) is 6.94. The lowest BCUT2D eigenvalue weighted by Crippen LogP contribution is -1.87.